The van der Waals surface area contributed by atoms with E-state index in [0.29, 0.717) is 11.3 Å². The van der Waals surface area contributed by atoms with Crippen molar-refractivity contribution in [3.05, 3.63) is 28.8 Å². The van der Waals surface area contributed by atoms with Crippen LogP contribution in [0.2, 0.25) is 0 Å². The molecular formula is C9H13N3. The highest BCUT2D eigenvalue weighted by atomic mass is 14.7. The van der Waals surface area contributed by atoms with Gasteiger partial charge in [-0.25, -0.2) is 0 Å². The van der Waals surface area contributed by atoms with Crippen LogP contribution in [-0.4, -0.2) is 5.84 Å². The van der Waals surface area contributed by atoms with Crippen molar-refractivity contribution in [2.45, 2.75) is 13.8 Å². The smallest absolute Gasteiger partial charge is 0.124 e. The molecule has 0 unspecified atom stereocenters. The lowest BCUT2D eigenvalue weighted by atomic mass is 10.0. The molecule has 0 heterocycles. The molecule has 0 spiro atoms. The van der Waals surface area contributed by atoms with Crippen molar-refractivity contribution >= 4 is 11.5 Å². The van der Waals surface area contributed by atoms with Crippen LogP contribution in [0.25, 0.3) is 0 Å². The van der Waals surface area contributed by atoms with Gasteiger partial charge < -0.3 is 11.5 Å². The molecule has 1 aromatic rings. The second kappa shape index (κ2) is 2.85. The lowest BCUT2D eigenvalue weighted by molar-refractivity contribution is 1.32. The van der Waals surface area contributed by atoms with E-state index in [1.165, 1.54) is 0 Å². The quantitative estimate of drug-likeness (QED) is 0.330. The average Bonchev–Trinajstić information content (AvgIpc) is 2.00. The summed E-state index contributed by atoms with van der Waals surface area (Å²) < 4.78 is 0. The Morgan fingerprint density at radius 1 is 1.33 bits per heavy atom. The highest BCUT2D eigenvalue weighted by Gasteiger charge is 2.05. The van der Waals surface area contributed by atoms with Crippen LogP contribution in [0.1, 0.15) is 16.7 Å². The molecule has 3 nitrogen and oxygen atoms in total. The minimum atomic E-state index is 0.0237. The van der Waals surface area contributed by atoms with Crippen LogP contribution in [0, 0.1) is 19.3 Å². The largest absolute Gasteiger partial charge is 0.398 e. The van der Waals surface area contributed by atoms with Gasteiger partial charge in [0.05, 0.1) is 0 Å². The second-order valence-corrected chi connectivity index (χ2v) is 2.88. The van der Waals surface area contributed by atoms with E-state index in [9.17, 15) is 0 Å². The molecular weight excluding hydrogens is 150 g/mol. The van der Waals surface area contributed by atoms with E-state index >= 15 is 0 Å². The van der Waals surface area contributed by atoms with Gasteiger partial charge in [0.1, 0.15) is 5.84 Å². The van der Waals surface area contributed by atoms with Crippen molar-refractivity contribution in [2.75, 3.05) is 5.73 Å². The van der Waals surface area contributed by atoms with E-state index in [1.54, 1.807) is 6.07 Å². The number of hydrogen-bond donors (Lipinski definition) is 3. The number of hydrogen-bond acceptors (Lipinski definition) is 2. The maximum Gasteiger partial charge on any atom is 0.124 e. The molecule has 0 atom stereocenters. The van der Waals surface area contributed by atoms with Gasteiger partial charge in [0.25, 0.3) is 0 Å². The number of amidine groups is 1. The molecule has 1 aromatic carbocycles. The zero-order valence-electron chi connectivity index (χ0n) is 7.31. The number of nitrogen functional groups attached to an aromatic ring is 2. The van der Waals surface area contributed by atoms with E-state index in [2.05, 4.69) is 0 Å². The van der Waals surface area contributed by atoms with Crippen molar-refractivity contribution in [1.29, 1.82) is 5.41 Å². The molecule has 0 bridgehead atoms. The molecule has 0 radical (unpaired) electrons. The standard InChI is InChI=1S/C9H13N3/c1-5-3-4-7(9(11)12)8(10)6(5)2/h3-4H,10H2,1-2H3,(H3,11,12). The lowest BCUT2D eigenvalue weighted by Gasteiger charge is -2.08. The van der Waals surface area contributed by atoms with Crippen LogP contribution in [0.4, 0.5) is 5.69 Å². The molecule has 0 aliphatic rings. The molecule has 0 saturated carbocycles. The van der Waals surface area contributed by atoms with Gasteiger partial charge in [0, 0.05) is 11.3 Å². The Kier molecular flexibility index (Phi) is 2.04. The fourth-order valence-electron chi connectivity index (χ4n) is 1.07. The molecule has 3 heteroatoms. The first-order chi connectivity index (χ1) is 5.54. The van der Waals surface area contributed by atoms with E-state index < -0.39 is 0 Å². The maximum atomic E-state index is 7.24. The first kappa shape index (κ1) is 8.59. The minimum Gasteiger partial charge on any atom is -0.398 e. The second-order valence-electron chi connectivity index (χ2n) is 2.88. The molecule has 1 rings (SSSR count). The van der Waals surface area contributed by atoms with E-state index in [1.807, 2.05) is 19.9 Å². The number of benzene rings is 1. The Morgan fingerprint density at radius 2 is 1.92 bits per heavy atom. The van der Waals surface area contributed by atoms with Crippen molar-refractivity contribution < 1.29 is 0 Å². The topological polar surface area (TPSA) is 75.9 Å². The average molecular weight is 163 g/mol. The first-order valence-corrected chi connectivity index (χ1v) is 3.74. The van der Waals surface area contributed by atoms with E-state index in [4.69, 9.17) is 16.9 Å². The summed E-state index contributed by atoms with van der Waals surface area (Å²) in [5, 5.41) is 7.24. The highest BCUT2D eigenvalue weighted by molar-refractivity contribution is 6.00. The van der Waals surface area contributed by atoms with Gasteiger partial charge in [-0.05, 0) is 31.0 Å². The van der Waals surface area contributed by atoms with Gasteiger partial charge in [-0.3, -0.25) is 5.41 Å². The summed E-state index contributed by atoms with van der Waals surface area (Å²) in [4.78, 5) is 0. The number of nitrogens with two attached hydrogens (primary N) is 2. The van der Waals surface area contributed by atoms with Crippen molar-refractivity contribution in [2.24, 2.45) is 5.73 Å². The van der Waals surface area contributed by atoms with Gasteiger partial charge in [-0.15, -0.1) is 0 Å². The van der Waals surface area contributed by atoms with Crippen LogP contribution in [0.5, 0.6) is 0 Å². The maximum absolute atomic E-state index is 7.24. The number of nitrogens with one attached hydrogen (secondary N) is 1. The SMILES string of the molecule is Cc1ccc(C(=N)N)c(N)c1C. The summed E-state index contributed by atoms with van der Waals surface area (Å²) in [6.07, 6.45) is 0. The molecule has 0 aliphatic heterocycles. The third-order valence-corrected chi connectivity index (χ3v) is 2.08. The predicted octanol–water partition coefficient (Wildman–Crippen LogP) is 1.17. The minimum absolute atomic E-state index is 0.0237. The molecule has 0 aliphatic carbocycles. The molecule has 64 valence electrons. The number of anilines is 1. The fourth-order valence-corrected chi connectivity index (χ4v) is 1.07. The fraction of sp³-hybridized carbons (Fsp3) is 0.222. The molecule has 0 fully saturated rings. The van der Waals surface area contributed by atoms with Gasteiger partial charge in [0.15, 0.2) is 0 Å². The normalized spacial score (nSPS) is 9.83. The number of rotatable bonds is 1. The molecule has 12 heavy (non-hydrogen) atoms. The van der Waals surface area contributed by atoms with Gasteiger partial charge in [-0.2, -0.15) is 0 Å². The van der Waals surface area contributed by atoms with Crippen molar-refractivity contribution in [3.8, 4) is 0 Å². The Morgan fingerprint density at radius 3 is 2.42 bits per heavy atom. The molecule has 0 saturated heterocycles. The molecule has 5 N–H and O–H groups in total. The van der Waals surface area contributed by atoms with Crippen LogP contribution < -0.4 is 11.5 Å². The Labute approximate surface area is 71.9 Å². The van der Waals surface area contributed by atoms with Crippen LogP contribution >= 0.6 is 0 Å². The van der Waals surface area contributed by atoms with Crippen molar-refractivity contribution in [3.63, 3.8) is 0 Å². The van der Waals surface area contributed by atoms with Gasteiger partial charge in [0.2, 0.25) is 0 Å². The van der Waals surface area contributed by atoms with Crippen LogP contribution in [-0.2, 0) is 0 Å². The number of aryl methyl sites for hydroxylation is 1. The summed E-state index contributed by atoms with van der Waals surface area (Å²) in [6.45, 7) is 3.91. The third kappa shape index (κ3) is 1.25. The van der Waals surface area contributed by atoms with E-state index in [0.717, 1.165) is 11.1 Å². The monoisotopic (exact) mass is 163 g/mol. The predicted molar refractivity (Wildman–Crippen MR) is 51.3 cm³/mol. The van der Waals surface area contributed by atoms with Crippen LogP contribution in [0.3, 0.4) is 0 Å². The summed E-state index contributed by atoms with van der Waals surface area (Å²) in [6, 6.07) is 3.70. The summed E-state index contributed by atoms with van der Waals surface area (Å²) in [5.74, 6) is 0.0237. The summed E-state index contributed by atoms with van der Waals surface area (Å²) in [7, 11) is 0. The zero-order valence-corrected chi connectivity index (χ0v) is 7.31. The van der Waals surface area contributed by atoms with Gasteiger partial charge in [-0.1, -0.05) is 6.07 Å². The highest BCUT2D eigenvalue weighted by Crippen LogP contribution is 2.19. The van der Waals surface area contributed by atoms with Crippen LogP contribution in [0.15, 0.2) is 12.1 Å². The zero-order chi connectivity index (χ0) is 9.30. The lowest BCUT2D eigenvalue weighted by Crippen LogP contribution is -2.14. The summed E-state index contributed by atoms with van der Waals surface area (Å²) in [5.41, 5.74) is 14.5. The van der Waals surface area contributed by atoms with Crippen molar-refractivity contribution in [1.82, 2.24) is 0 Å². The first-order valence-electron chi connectivity index (χ1n) is 3.74. The Bertz CT molecular complexity index is 329. The molecule has 0 amide bonds. The third-order valence-electron chi connectivity index (χ3n) is 2.08. The van der Waals surface area contributed by atoms with E-state index in [-0.39, 0.29) is 5.84 Å². The summed E-state index contributed by atoms with van der Waals surface area (Å²) >= 11 is 0. The van der Waals surface area contributed by atoms with Gasteiger partial charge >= 0.3 is 0 Å². The Balaban J connectivity index is 3.36. The molecule has 0 aromatic heterocycles. The Hall–Kier alpha value is -1.51.